The van der Waals surface area contributed by atoms with Gasteiger partial charge in [0.2, 0.25) is 15.9 Å². The number of nitrogens with zero attached hydrogens (tertiary/aromatic N) is 1. The molecule has 0 fully saturated rings. The average molecular weight is 522 g/mol. The Bertz CT molecular complexity index is 1370. The molecule has 9 heteroatoms. The number of anilines is 2. The number of rotatable bonds is 10. The van der Waals surface area contributed by atoms with Crippen LogP contribution in [0.2, 0.25) is 0 Å². The van der Waals surface area contributed by atoms with E-state index in [0.717, 1.165) is 23.2 Å². The van der Waals surface area contributed by atoms with Gasteiger partial charge < -0.3 is 15.0 Å². The molecule has 0 spiro atoms. The van der Waals surface area contributed by atoms with Crippen LogP contribution in [0.25, 0.3) is 0 Å². The minimum atomic E-state index is -3.51. The molecule has 0 saturated carbocycles. The Kier molecular flexibility index (Phi) is 8.25. The van der Waals surface area contributed by atoms with Gasteiger partial charge in [0.15, 0.2) is 0 Å². The number of benzene rings is 3. The van der Waals surface area contributed by atoms with Crippen LogP contribution in [0.15, 0.2) is 71.6 Å². The third kappa shape index (κ3) is 6.36. The molecule has 1 aliphatic rings. The smallest absolute Gasteiger partial charge is 0.258 e. The second kappa shape index (κ2) is 11.6. The second-order valence-electron chi connectivity index (χ2n) is 8.87. The van der Waals surface area contributed by atoms with Gasteiger partial charge >= 0.3 is 0 Å². The number of carbonyl (C=O) groups excluding carboxylic acids is 2. The lowest BCUT2D eigenvalue weighted by atomic mass is 10.1. The Hall–Kier alpha value is -3.69. The van der Waals surface area contributed by atoms with E-state index in [2.05, 4.69) is 10.0 Å². The maximum absolute atomic E-state index is 13.1. The van der Waals surface area contributed by atoms with Crippen molar-refractivity contribution in [2.75, 3.05) is 30.4 Å². The summed E-state index contributed by atoms with van der Waals surface area (Å²) in [7, 11) is -1.93. The topological polar surface area (TPSA) is 105 Å². The van der Waals surface area contributed by atoms with E-state index in [4.69, 9.17) is 4.74 Å². The summed E-state index contributed by atoms with van der Waals surface area (Å²) in [5.41, 5.74) is 3.93. The molecule has 4 rings (SSSR count). The molecule has 194 valence electrons. The first-order valence-electron chi connectivity index (χ1n) is 12.3. The molecule has 0 saturated heterocycles. The van der Waals surface area contributed by atoms with Gasteiger partial charge in [0, 0.05) is 36.4 Å². The molecule has 3 aromatic carbocycles. The number of sulfonamides is 1. The van der Waals surface area contributed by atoms with Crippen molar-refractivity contribution in [3.63, 3.8) is 0 Å². The highest BCUT2D eigenvalue weighted by Gasteiger charge is 2.26. The van der Waals surface area contributed by atoms with Crippen molar-refractivity contribution in [1.82, 2.24) is 4.72 Å². The lowest BCUT2D eigenvalue weighted by Crippen LogP contribution is -2.28. The predicted molar refractivity (Wildman–Crippen MR) is 144 cm³/mol. The van der Waals surface area contributed by atoms with Crippen molar-refractivity contribution >= 4 is 33.2 Å². The van der Waals surface area contributed by atoms with Crippen LogP contribution in [-0.2, 0) is 27.7 Å². The summed E-state index contributed by atoms with van der Waals surface area (Å²) in [6.45, 7) is 2.87. The van der Waals surface area contributed by atoms with E-state index in [0.29, 0.717) is 42.9 Å². The molecule has 3 aromatic rings. The number of carbonyl (C=O) groups is 2. The molecule has 0 bridgehead atoms. The maximum atomic E-state index is 13.1. The predicted octanol–water partition coefficient (Wildman–Crippen LogP) is 4.16. The van der Waals surface area contributed by atoms with Gasteiger partial charge in [-0.3, -0.25) is 9.59 Å². The summed E-state index contributed by atoms with van der Waals surface area (Å²) in [6, 6.07) is 19.2. The van der Waals surface area contributed by atoms with Gasteiger partial charge in [-0.15, -0.1) is 0 Å². The summed E-state index contributed by atoms with van der Waals surface area (Å²) in [4.78, 5) is 27.7. The highest BCUT2D eigenvalue weighted by atomic mass is 32.2. The number of hydrogen-bond donors (Lipinski definition) is 2. The minimum absolute atomic E-state index is 0.0970. The molecule has 0 aromatic heterocycles. The molecule has 1 aliphatic heterocycles. The summed E-state index contributed by atoms with van der Waals surface area (Å²) in [6.07, 6.45) is 2.19. The van der Waals surface area contributed by atoms with Gasteiger partial charge in [0.05, 0.1) is 12.0 Å². The lowest BCUT2D eigenvalue weighted by Gasteiger charge is -2.18. The van der Waals surface area contributed by atoms with Gasteiger partial charge in [0.1, 0.15) is 5.75 Å². The van der Waals surface area contributed by atoms with Crippen molar-refractivity contribution in [1.29, 1.82) is 0 Å². The van der Waals surface area contributed by atoms with Crippen LogP contribution in [0, 0.1) is 0 Å². The molecule has 8 nitrogen and oxygen atoms in total. The quantitative estimate of drug-likeness (QED) is 0.417. The van der Waals surface area contributed by atoms with E-state index in [1.807, 2.05) is 25.1 Å². The van der Waals surface area contributed by atoms with Crippen molar-refractivity contribution in [2.45, 2.75) is 37.5 Å². The average Bonchev–Trinajstić information content (AvgIpc) is 3.34. The Morgan fingerprint density at radius 3 is 2.41 bits per heavy atom. The summed E-state index contributed by atoms with van der Waals surface area (Å²) >= 11 is 0. The first-order valence-corrected chi connectivity index (χ1v) is 13.8. The van der Waals surface area contributed by atoms with E-state index in [9.17, 15) is 18.0 Å². The molecule has 2 amide bonds. The molecule has 2 N–H and O–H groups in total. The second-order valence-corrected chi connectivity index (χ2v) is 10.6. The monoisotopic (exact) mass is 521 g/mol. The highest BCUT2D eigenvalue weighted by Crippen LogP contribution is 2.32. The van der Waals surface area contributed by atoms with E-state index < -0.39 is 10.0 Å². The van der Waals surface area contributed by atoms with Crippen LogP contribution in [0.5, 0.6) is 5.75 Å². The summed E-state index contributed by atoms with van der Waals surface area (Å²) < 4.78 is 32.2. The Labute approximate surface area is 217 Å². The number of methoxy groups -OCH3 is 1. The van der Waals surface area contributed by atoms with Crippen molar-refractivity contribution in [3.05, 3.63) is 83.4 Å². The molecule has 0 radical (unpaired) electrons. The number of ether oxygens (including phenoxy) is 1. The number of hydrogen-bond acceptors (Lipinski definition) is 5. The normalized spacial score (nSPS) is 12.8. The largest absolute Gasteiger partial charge is 0.497 e. The van der Waals surface area contributed by atoms with E-state index in [1.54, 1.807) is 60.5 Å². The third-order valence-corrected chi connectivity index (χ3v) is 7.74. The molecule has 1 heterocycles. The van der Waals surface area contributed by atoms with Crippen LogP contribution in [0.4, 0.5) is 11.4 Å². The van der Waals surface area contributed by atoms with Crippen LogP contribution in [-0.4, -0.2) is 40.4 Å². The van der Waals surface area contributed by atoms with Gasteiger partial charge in [-0.25, -0.2) is 13.1 Å². The van der Waals surface area contributed by atoms with Crippen LogP contribution in [0.1, 0.15) is 41.3 Å². The van der Waals surface area contributed by atoms with Gasteiger partial charge in [0.25, 0.3) is 5.91 Å². The van der Waals surface area contributed by atoms with Gasteiger partial charge in [-0.1, -0.05) is 25.1 Å². The molecular formula is C28H31N3O5S. The van der Waals surface area contributed by atoms with Crippen molar-refractivity contribution < 1.29 is 22.7 Å². The maximum Gasteiger partial charge on any atom is 0.258 e. The zero-order chi connectivity index (χ0) is 26.4. The fourth-order valence-corrected chi connectivity index (χ4v) is 5.33. The van der Waals surface area contributed by atoms with E-state index in [1.165, 1.54) is 0 Å². The summed E-state index contributed by atoms with van der Waals surface area (Å²) in [5, 5.41) is 2.92. The number of amides is 2. The fraction of sp³-hybridized carbons (Fsp3) is 0.286. The Balaban J connectivity index is 1.36. The Morgan fingerprint density at radius 1 is 1.00 bits per heavy atom. The van der Waals surface area contributed by atoms with E-state index >= 15 is 0 Å². The fourth-order valence-electron chi connectivity index (χ4n) is 4.19. The zero-order valence-electron chi connectivity index (χ0n) is 21.0. The zero-order valence-corrected chi connectivity index (χ0v) is 21.8. The molecule has 37 heavy (non-hydrogen) atoms. The summed E-state index contributed by atoms with van der Waals surface area (Å²) in [5.74, 6) is 0.431. The third-order valence-electron chi connectivity index (χ3n) is 6.26. The molecule has 0 unspecified atom stereocenters. The van der Waals surface area contributed by atoms with E-state index in [-0.39, 0.29) is 23.1 Å². The molecule has 0 aliphatic carbocycles. The van der Waals surface area contributed by atoms with Crippen LogP contribution >= 0.6 is 0 Å². The van der Waals surface area contributed by atoms with Crippen molar-refractivity contribution in [3.8, 4) is 5.75 Å². The minimum Gasteiger partial charge on any atom is -0.497 e. The first kappa shape index (κ1) is 26.4. The van der Waals surface area contributed by atoms with Crippen molar-refractivity contribution in [2.24, 2.45) is 0 Å². The lowest BCUT2D eigenvalue weighted by molar-refractivity contribution is -0.116. The highest BCUT2D eigenvalue weighted by molar-refractivity contribution is 7.89. The first-order chi connectivity index (χ1) is 17.8. The van der Waals surface area contributed by atoms with Crippen LogP contribution < -0.4 is 19.7 Å². The number of aryl methyl sites for hydroxylation is 1. The number of nitrogens with one attached hydrogen (secondary N) is 2. The van der Waals surface area contributed by atoms with Crippen LogP contribution in [0.3, 0.4) is 0 Å². The standard InChI is InChI=1S/C28H31N3O5S/c1-3-17-29-37(34,35)25-13-4-20(5-14-25)6-15-27(32)30-23-10-7-21-16-18-31(26(21)19-23)28(33)22-8-11-24(36-2)12-9-22/h4-5,7-14,19,29H,3,6,15-18H2,1-2H3,(H,30,32). The molecule has 0 atom stereocenters. The van der Waals surface area contributed by atoms with Gasteiger partial charge in [-0.2, -0.15) is 0 Å². The van der Waals surface area contributed by atoms with Gasteiger partial charge in [-0.05, 0) is 78.9 Å². The SMILES string of the molecule is CCCNS(=O)(=O)c1ccc(CCC(=O)Nc2ccc3c(c2)N(C(=O)c2ccc(OC)cc2)CC3)cc1. The molecular weight excluding hydrogens is 490 g/mol. The number of fused-ring (bicyclic) bond motifs is 1. The Morgan fingerprint density at radius 2 is 1.73 bits per heavy atom.